The molecular formula is C28H25BFNO6S. The molecule has 6 rings (SSSR count). The van der Waals surface area contributed by atoms with Crippen LogP contribution in [0, 0.1) is 23.6 Å². The molecule has 194 valence electrons. The van der Waals surface area contributed by atoms with Crippen LogP contribution in [0.2, 0.25) is 0 Å². The van der Waals surface area contributed by atoms with E-state index in [0.29, 0.717) is 16.8 Å². The van der Waals surface area contributed by atoms with Gasteiger partial charge in [-0.25, -0.2) is 4.39 Å². The van der Waals surface area contributed by atoms with Gasteiger partial charge in [0.1, 0.15) is 12.4 Å². The summed E-state index contributed by atoms with van der Waals surface area (Å²) in [5.74, 6) is -2.83. The number of thiophene rings is 1. The van der Waals surface area contributed by atoms with Crippen molar-refractivity contribution < 1.29 is 33.5 Å². The molecule has 0 saturated carbocycles. The number of carbonyl (C=O) groups is 2. The van der Waals surface area contributed by atoms with Crippen LogP contribution < -0.4 is 4.74 Å². The summed E-state index contributed by atoms with van der Waals surface area (Å²) in [7, 11) is -1.35. The predicted octanol–water partition coefficient (Wildman–Crippen LogP) is 4.27. The Hall–Kier alpha value is -3.47. The molecule has 7 nitrogen and oxygen atoms in total. The Balaban J connectivity index is 1.35. The fourth-order valence-electron chi connectivity index (χ4n) is 5.95. The van der Waals surface area contributed by atoms with Gasteiger partial charge in [-0.3, -0.25) is 14.5 Å². The van der Waals surface area contributed by atoms with E-state index in [2.05, 4.69) is 0 Å². The van der Waals surface area contributed by atoms with Gasteiger partial charge in [0.2, 0.25) is 11.8 Å². The summed E-state index contributed by atoms with van der Waals surface area (Å²) in [6.45, 7) is 0.357. The Labute approximate surface area is 223 Å². The maximum absolute atomic E-state index is 14.1. The van der Waals surface area contributed by atoms with Gasteiger partial charge in [-0.05, 0) is 71.1 Å². The molecule has 4 atom stereocenters. The van der Waals surface area contributed by atoms with E-state index in [0.717, 1.165) is 10.5 Å². The van der Waals surface area contributed by atoms with Gasteiger partial charge in [0.15, 0.2) is 11.6 Å². The van der Waals surface area contributed by atoms with Crippen LogP contribution in [0.4, 0.5) is 4.39 Å². The number of phenols is 1. The van der Waals surface area contributed by atoms with E-state index in [1.54, 1.807) is 0 Å². The summed E-state index contributed by atoms with van der Waals surface area (Å²) < 4.78 is 26.1. The number of fused-ring (bicyclic) bond motifs is 3. The molecule has 3 heterocycles. The first-order valence-electron chi connectivity index (χ1n) is 12.5. The lowest BCUT2D eigenvalue weighted by molar-refractivity contribution is -0.140. The van der Waals surface area contributed by atoms with Gasteiger partial charge in [0.05, 0.1) is 24.5 Å². The Morgan fingerprint density at radius 3 is 2.63 bits per heavy atom. The van der Waals surface area contributed by atoms with Crippen LogP contribution in [0.5, 0.6) is 11.5 Å². The average molecular weight is 533 g/mol. The first-order chi connectivity index (χ1) is 18.4. The largest absolute Gasteiger partial charge is 0.505 e. The van der Waals surface area contributed by atoms with Crippen LogP contribution in [0.3, 0.4) is 0 Å². The molecule has 2 N–H and O–H groups in total. The maximum Gasteiger partial charge on any atom is 0.487 e. The van der Waals surface area contributed by atoms with Crippen molar-refractivity contribution >= 4 is 30.3 Å². The molecule has 1 aliphatic carbocycles. The number of rotatable bonds is 6. The van der Waals surface area contributed by atoms with E-state index in [4.69, 9.17) is 9.39 Å². The number of nitrogens with zero attached hydrogens (tertiary/aromatic N) is 1. The van der Waals surface area contributed by atoms with Crippen LogP contribution >= 0.6 is 11.3 Å². The summed E-state index contributed by atoms with van der Waals surface area (Å²) in [6, 6.07) is 17.0. The van der Waals surface area contributed by atoms with Crippen molar-refractivity contribution in [3.8, 4) is 11.5 Å². The summed E-state index contributed by atoms with van der Waals surface area (Å²) in [5.41, 5.74) is 1.74. The zero-order chi connectivity index (χ0) is 26.4. The quantitative estimate of drug-likeness (QED) is 0.363. The van der Waals surface area contributed by atoms with Gasteiger partial charge in [0.25, 0.3) is 0 Å². The standard InChI is InChI=1S/C28H25BFNO6S/c30-22-12-16(8-9-23(22)32)24-13-20-25-21(27(33)31(28(25)34)14-19-7-4-10-38-19)11-17(26(20)29(35)37-24)15-36-18-5-2-1-3-6-18/h1-10,12,20-21,24-25,32,35H,11,13-15H2/t20-,21-,24-,25+/m0/s1. The Morgan fingerprint density at radius 1 is 1.08 bits per heavy atom. The lowest BCUT2D eigenvalue weighted by atomic mass is 9.55. The number of hydrogen-bond donors (Lipinski definition) is 2. The number of para-hydroxylation sites is 1. The Bertz CT molecular complexity index is 1400. The van der Waals surface area contributed by atoms with Crippen molar-refractivity contribution in [3.63, 3.8) is 0 Å². The van der Waals surface area contributed by atoms with Crippen molar-refractivity contribution in [2.75, 3.05) is 6.61 Å². The summed E-state index contributed by atoms with van der Waals surface area (Å²) in [4.78, 5) is 29.5. The lowest BCUT2D eigenvalue weighted by Crippen LogP contribution is -2.45. The minimum atomic E-state index is -1.35. The molecule has 0 radical (unpaired) electrons. The minimum absolute atomic E-state index is 0.143. The molecule has 2 aliphatic heterocycles. The SMILES string of the molecule is O=C1[C@H]2[C@H](CC(COc3ccccc3)=C3B(O)O[C@H](c4ccc(O)c(F)c4)C[C@H]32)C(=O)N1Cc1cccs1. The van der Waals surface area contributed by atoms with Crippen molar-refractivity contribution in [3.05, 3.63) is 93.3 Å². The van der Waals surface area contributed by atoms with E-state index in [-0.39, 0.29) is 37.8 Å². The molecule has 3 aromatic rings. The summed E-state index contributed by atoms with van der Waals surface area (Å²) in [6.07, 6.45) is -0.162. The smallest absolute Gasteiger partial charge is 0.487 e. The van der Waals surface area contributed by atoms with E-state index in [1.807, 2.05) is 47.8 Å². The normalized spacial score (nSPS) is 25.0. The number of halogens is 1. The fraction of sp³-hybridized carbons (Fsp3) is 0.286. The van der Waals surface area contributed by atoms with Crippen LogP contribution in [0.25, 0.3) is 0 Å². The second kappa shape index (κ2) is 10.0. The highest BCUT2D eigenvalue weighted by Crippen LogP contribution is 2.51. The molecule has 1 aromatic heterocycles. The molecule has 2 saturated heterocycles. The number of hydrogen-bond acceptors (Lipinski definition) is 7. The van der Waals surface area contributed by atoms with E-state index >= 15 is 0 Å². The monoisotopic (exact) mass is 533 g/mol. The van der Waals surface area contributed by atoms with Crippen molar-refractivity contribution in [2.24, 2.45) is 17.8 Å². The lowest BCUT2D eigenvalue weighted by Gasteiger charge is -2.42. The molecular weight excluding hydrogens is 508 g/mol. The van der Waals surface area contributed by atoms with Crippen molar-refractivity contribution in [2.45, 2.75) is 25.5 Å². The number of carbonyl (C=O) groups excluding carboxylic acids is 2. The zero-order valence-electron chi connectivity index (χ0n) is 20.3. The number of amides is 2. The van der Waals surface area contributed by atoms with E-state index < -0.39 is 42.5 Å². The molecule has 0 spiro atoms. The number of aromatic hydroxyl groups is 1. The Kier molecular flexibility index (Phi) is 6.55. The van der Waals surface area contributed by atoms with E-state index in [9.17, 15) is 24.1 Å². The molecule has 2 fully saturated rings. The van der Waals surface area contributed by atoms with Crippen molar-refractivity contribution in [1.82, 2.24) is 4.90 Å². The van der Waals surface area contributed by atoms with Gasteiger partial charge in [0, 0.05) is 4.88 Å². The molecule has 3 aliphatic rings. The fourth-order valence-corrected chi connectivity index (χ4v) is 6.64. The third-order valence-corrected chi connectivity index (χ3v) is 8.56. The molecule has 10 heteroatoms. The molecule has 2 aromatic carbocycles. The topological polar surface area (TPSA) is 96.3 Å². The predicted molar refractivity (Wildman–Crippen MR) is 138 cm³/mol. The minimum Gasteiger partial charge on any atom is -0.505 e. The van der Waals surface area contributed by atoms with Crippen LogP contribution in [-0.2, 0) is 20.8 Å². The van der Waals surface area contributed by atoms with Crippen LogP contribution in [-0.4, -0.2) is 40.6 Å². The number of benzene rings is 2. The third kappa shape index (κ3) is 4.42. The summed E-state index contributed by atoms with van der Waals surface area (Å²) >= 11 is 1.48. The zero-order valence-corrected chi connectivity index (χ0v) is 21.1. The maximum atomic E-state index is 14.1. The molecule has 38 heavy (non-hydrogen) atoms. The molecule has 0 bridgehead atoms. The number of imide groups is 1. The number of ether oxygens (including phenoxy) is 1. The number of phenolic OH excluding ortho intramolecular Hbond substituents is 1. The van der Waals surface area contributed by atoms with Gasteiger partial charge >= 0.3 is 7.12 Å². The Morgan fingerprint density at radius 2 is 1.89 bits per heavy atom. The van der Waals surface area contributed by atoms with Crippen LogP contribution in [0.15, 0.2) is 77.1 Å². The van der Waals surface area contributed by atoms with Gasteiger partial charge in [-0.15, -0.1) is 11.3 Å². The van der Waals surface area contributed by atoms with Crippen LogP contribution in [0.1, 0.15) is 29.4 Å². The second-order valence-electron chi connectivity index (χ2n) is 9.87. The third-order valence-electron chi connectivity index (χ3n) is 7.70. The van der Waals surface area contributed by atoms with Gasteiger partial charge in [-0.1, -0.05) is 30.3 Å². The van der Waals surface area contributed by atoms with Gasteiger partial charge in [-0.2, -0.15) is 0 Å². The van der Waals surface area contributed by atoms with Gasteiger partial charge < -0.3 is 19.5 Å². The summed E-state index contributed by atoms with van der Waals surface area (Å²) in [5, 5.41) is 22.7. The van der Waals surface area contributed by atoms with E-state index in [1.165, 1.54) is 34.4 Å². The highest BCUT2D eigenvalue weighted by atomic mass is 32.1. The first kappa shape index (κ1) is 24.8. The number of allylic oxidation sites excluding steroid dienone is 1. The highest BCUT2D eigenvalue weighted by molar-refractivity contribution is 7.09. The average Bonchev–Trinajstić information content (AvgIpc) is 3.52. The molecule has 2 amide bonds. The first-order valence-corrected chi connectivity index (χ1v) is 13.4. The highest BCUT2D eigenvalue weighted by Gasteiger charge is 2.57. The second-order valence-corrected chi connectivity index (χ2v) is 10.9. The number of likely N-dealkylation sites (tertiary alicyclic amines) is 1. The van der Waals surface area contributed by atoms with Crippen molar-refractivity contribution in [1.29, 1.82) is 0 Å². The molecule has 0 unspecified atom stereocenters.